The third-order valence-electron chi connectivity index (χ3n) is 7.66. The van der Waals surface area contributed by atoms with E-state index in [1.54, 1.807) is 0 Å². The fourth-order valence-electron chi connectivity index (χ4n) is 5.82. The molecule has 0 radical (unpaired) electrons. The van der Waals surface area contributed by atoms with Crippen molar-refractivity contribution in [2.24, 2.45) is 0 Å². The van der Waals surface area contributed by atoms with Gasteiger partial charge < -0.3 is 0 Å². The molecule has 0 unspecified atom stereocenters. The molecule has 8 rings (SSSR count). The summed E-state index contributed by atoms with van der Waals surface area (Å²) in [5.41, 5.74) is 11.7. The van der Waals surface area contributed by atoms with E-state index in [4.69, 9.17) is 4.98 Å². The van der Waals surface area contributed by atoms with Crippen LogP contribution in [0.25, 0.3) is 77.4 Å². The van der Waals surface area contributed by atoms with Crippen LogP contribution < -0.4 is 0 Å². The fraction of sp³-hybridized carbons (Fsp3) is 0. The lowest BCUT2D eigenvalue weighted by Crippen LogP contribution is -1.90. The highest BCUT2D eigenvalue weighted by atomic mass is 14.8. The van der Waals surface area contributed by atoms with Gasteiger partial charge in [-0.3, -0.25) is 4.98 Å². The highest BCUT2D eigenvalue weighted by Gasteiger charge is 2.21. The quantitative estimate of drug-likeness (QED) is 0.251. The molecule has 0 amide bonds. The molecule has 0 atom stereocenters. The minimum atomic E-state index is 0.879. The second kappa shape index (κ2) is 8.22. The number of benzene rings is 6. The van der Waals surface area contributed by atoms with Crippen LogP contribution in [0.15, 0.2) is 134 Å². The summed E-state index contributed by atoms with van der Waals surface area (Å²) in [4.78, 5) is 9.36. The van der Waals surface area contributed by atoms with Crippen molar-refractivity contribution in [2.75, 3.05) is 0 Å². The van der Waals surface area contributed by atoms with Gasteiger partial charge in [-0.05, 0) is 79.2 Å². The molecule has 0 saturated carbocycles. The van der Waals surface area contributed by atoms with Crippen molar-refractivity contribution in [1.29, 1.82) is 0 Å². The molecule has 1 aromatic heterocycles. The summed E-state index contributed by atoms with van der Waals surface area (Å²) in [6, 6.07) is 43.6. The zero-order chi connectivity index (χ0) is 25.1. The van der Waals surface area contributed by atoms with E-state index in [-0.39, 0.29) is 0 Å². The van der Waals surface area contributed by atoms with E-state index in [1.165, 1.54) is 54.9 Å². The molecular formula is C36H22N2. The third kappa shape index (κ3) is 3.28. The van der Waals surface area contributed by atoms with Gasteiger partial charge in [-0.15, -0.1) is 0 Å². The van der Waals surface area contributed by atoms with Crippen molar-refractivity contribution in [3.63, 3.8) is 0 Å². The van der Waals surface area contributed by atoms with Crippen LogP contribution in [0.5, 0.6) is 0 Å². The largest absolute Gasteiger partial charge is 0.260 e. The fourth-order valence-corrected chi connectivity index (χ4v) is 5.82. The summed E-state index contributed by atoms with van der Waals surface area (Å²) < 4.78 is 0. The number of hydrogen-bond acceptors (Lipinski definition) is 2. The third-order valence-corrected chi connectivity index (χ3v) is 7.66. The normalized spacial score (nSPS) is 11.7. The molecule has 0 aliphatic heterocycles. The van der Waals surface area contributed by atoms with Gasteiger partial charge in [0.1, 0.15) is 0 Å². The molecule has 38 heavy (non-hydrogen) atoms. The summed E-state index contributed by atoms with van der Waals surface area (Å²) in [5, 5.41) is 5.06. The number of aromatic nitrogens is 2. The number of nitrogens with zero attached hydrogens (tertiary/aromatic N) is 2. The maximum atomic E-state index is 4.89. The maximum absolute atomic E-state index is 4.89. The lowest BCUT2D eigenvalue weighted by molar-refractivity contribution is 1.21. The molecule has 176 valence electrons. The number of fused-ring (bicyclic) bond motifs is 4. The van der Waals surface area contributed by atoms with E-state index in [0.29, 0.717) is 0 Å². The van der Waals surface area contributed by atoms with Crippen LogP contribution in [0.3, 0.4) is 0 Å². The molecule has 7 aromatic rings. The van der Waals surface area contributed by atoms with Crippen molar-refractivity contribution in [3.8, 4) is 55.9 Å². The Morgan fingerprint density at radius 3 is 1.82 bits per heavy atom. The summed E-state index contributed by atoms with van der Waals surface area (Å²) in [6.45, 7) is 0. The molecule has 0 fully saturated rings. The first-order valence-corrected chi connectivity index (χ1v) is 12.9. The first kappa shape index (κ1) is 21.0. The Hall–Kier alpha value is -5.08. The molecule has 0 saturated heterocycles. The van der Waals surface area contributed by atoms with Crippen LogP contribution in [0.2, 0.25) is 0 Å². The maximum Gasteiger partial charge on any atom is 0.0892 e. The van der Waals surface area contributed by atoms with Gasteiger partial charge in [-0.1, -0.05) is 97.1 Å². The predicted octanol–water partition coefficient (Wildman–Crippen LogP) is 9.43. The topological polar surface area (TPSA) is 25.8 Å². The van der Waals surface area contributed by atoms with E-state index in [2.05, 4.69) is 108 Å². The monoisotopic (exact) mass is 482 g/mol. The van der Waals surface area contributed by atoms with Gasteiger partial charge in [0.25, 0.3) is 0 Å². The number of rotatable bonds is 3. The molecule has 1 aliphatic carbocycles. The highest BCUT2D eigenvalue weighted by molar-refractivity contribution is 6.16. The SMILES string of the molecule is c1ccc(-c2cncc(-c3ccc4cc(-c5cc6c7c(cccc7c5)-c5ccccc5-6)ccc4c3)n2)cc1. The van der Waals surface area contributed by atoms with Gasteiger partial charge in [0.15, 0.2) is 0 Å². The van der Waals surface area contributed by atoms with Gasteiger partial charge in [-0.25, -0.2) is 4.98 Å². The van der Waals surface area contributed by atoms with E-state index in [9.17, 15) is 0 Å². The Balaban J connectivity index is 1.20. The molecule has 1 aliphatic rings. The van der Waals surface area contributed by atoms with Crippen molar-refractivity contribution in [2.45, 2.75) is 0 Å². The van der Waals surface area contributed by atoms with E-state index >= 15 is 0 Å². The summed E-state index contributed by atoms with van der Waals surface area (Å²) in [7, 11) is 0. The minimum Gasteiger partial charge on any atom is -0.260 e. The summed E-state index contributed by atoms with van der Waals surface area (Å²) >= 11 is 0. The van der Waals surface area contributed by atoms with Gasteiger partial charge >= 0.3 is 0 Å². The standard InChI is InChI=1S/C36H22N2/c1-2-7-23(8-3-1)34-21-37-22-35(38-34)27-16-15-24-17-26(14-13-25(24)18-27)29-19-28-9-6-12-32-30-10-4-5-11-31(30)33(20-29)36(28)32/h1-22H. The molecule has 0 spiro atoms. The van der Waals surface area contributed by atoms with Gasteiger partial charge in [0.05, 0.1) is 23.8 Å². The zero-order valence-corrected chi connectivity index (χ0v) is 20.6. The Morgan fingerprint density at radius 1 is 0.368 bits per heavy atom. The molecule has 0 N–H and O–H groups in total. The first-order chi connectivity index (χ1) is 18.8. The van der Waals surface area contributed by atoms with Crippen LogP contribution in [-0.2, 0) is 0 Å². The van der Waals surface area contributed by atoms with Crippen LogP contribution in [0.1, 0.15) is 0 Å². The Morgan fingerprint density at radius 2 is 1.00 bits per heavy atom. The van der Waals surface area contributed by atoms with Gasteiger partial charge in [-0.2, -0.15) is 0 Å². The first-order valence-electron chi connectivity index (χ1n) is 12.9. The second-order valence-electron chi connectivity index (χ2n) is 9.91. The van der Waals surface area contributed by atoms with Crippen molar-refractivity contribution in [3.05, 3.63) is 134 Å². The molecule has 1 heterocycles. The van der Waals surface area contributed by atoms with Crippen LogP contribution in [0.4, 0.5) is 0 Å². The summed E-state index contributed by atoms with van der Waals surface area (Å²) in [6.07, 6.45) is 3.66. The average Bonchev–Trinajstić information content (AvgIpc) is 3.32. The second-order valence-corrected chi connectivity index (χ2v) is 9.91. The van der Waals surface area contributed by atoms with Gasteiger partial charge in [0, 0.05) is 11.1 Å². The van der Waals surface area contributed by atoms with Crippen LogP contribution in [-0.4, -0.2) is 9.97 Å². The van der Waals surface area contributed by atoms with Crippen LogP contribution in [0, 0.1) is 0 Å². The predicted molar refractivity (Wildman–Crippen MR) is 158 cm³/mol. The highest BCUT2D eigenvalue weighted by Crippen LogP contribution is 2.48. The zero-order valence-electron chi connectivity index (χ0n) is 20.6. The number of hydrogen-bond donors (Lipinski definition) is 0. The van der Waals surface area contributed by atoms with Gasteiger partial charge in [0.2, 0.25) is 0 Å². The Labute approximate surface area is 220 Å². The van der Waals surface area contributed by atoms with E-state index < -0.39 is 0 Å². The van der Waals surface area contributed by atoms with Crippen molar-refractivity contribution < 1.29 is 0 Å². The molecular weight excluding hydrogens is 460 g/mol. The Kier molecular flexibility index (Phi) is 4.55. The van der Waals surface area contributed by atoms with E-state index in [1.807, 2.05) is 30.6 Å². The van der Waals surface area contributed by atoms with Crippen molar-refractivity contribution in [1.82, 2.24) is 9.97 Å². The molecule has 6 aromatic carbocycles. The lowest BCUT2D eigenvalue weighted by Gasteiger charge is -2.10. The smallest absolute Gasteiger partial charge is 0.0892 e. The molecule has 2 heteroatoms. The summed E-state index contributed by atoms with van der Waals surface area (Å²) in [5.74, 6) is 0. The average molecular weight is 483 g/mol. The Bertz CT molecular complexity index is 2020. The van der Waals surface area contributed by atoms with Crippen molar-refractivity contribution >= 4 is 21.5 Å². The van der Waals surface area contributed by atoms with E-state index in [0.717, 1.165) is 22.5 Å². The lowest BCUT2D eigenvalue weighted by atomic mass is 9.94. The van der Waals surface area contributed by atoms with Crippen LogP contribution >= 0.6 is 0 Å². The minimum absolute atomic E-state index is 0.879. The molecule has 0 bridgehead atoms. The molecule has 2 nitrogen and oxygen atoms in total.